The standard InChI is InChI=1S/C14H24N2/c1-11(2)14(15-4)10-16(5)13-8-6-7-12(3)9-13/h6-9,11,14-15H,10H2,1-5H3. The van der Waals surface area contributed by atoms with Gasteiger partial charge in [-0.3, -0.25) is 0 Å². The van der Waals surface area contributed by atoms with E-state index >= 15 is 0 Å². The molecule has 0 aliphatic heterocycles. The van der Waals surface area contributed by atoms with Crippen molar-refractivity contribution in [3.63, 3.8) is 0 Å². The summed E-state index contributed by atoms with van der Waals surface area (Å²) in [5.41, 5.74) is 2.61. The molecule has 2 nitrogen and oxygen atoms in total. The lowest BCUT2D eigenvalue weighted by Gasteiger charge is -2.28. The Bertz CT molecular complexity index is 320. The molecule has 0 saturated carbocycles. The Balaban J connectivity index is 2.67. The number of anilines is 1. The number of nitrogens with one attached hydrogen (secondary N) is 1. The number of benzene rings is 1. The van der Waals surface area contributed by atoms with Crippen molar-refractivity contribution in [1.29, 1.82) is 0 Å². The molecule has 2 heteroatoms. The van der Waals surface area contributed by atoms with Crippen molar-refractivity contribution in [2.75, 3.05) is 25.5 Å². The molecule has 0 amide bonds. The smallest absolute Gasteiger partial charge is 0.0366 e. The number of nitrogens with zero attached hydrogens (tertiary/aromatic N) is 1. The van der Waals surface area contributed by atoms with E-state index in [1.54, 1.807) is 0 Å². The molecule has 0 spiro atoms. The van der Waals surface area contributed by atoms with Crippen molar-refractivity contribution < 1.29 is 0 Å². The third-order valence-electron chi connectivity index (χ3n) is 3.09. The lowest BCUT2D eigenvalue weighted by Crippen LogP contribution is -2.41. The van der Waals surface area contributed by atoms with Crippen molar-refractivity contribution in [2.24, 2.45) is 5.92 Å². The molecule has 0 bridgehead atoms. The summed E-state index contributed by atoms with van der Waals surface area (Å²) in [5, 5.41) is 3.38. The number of hydrogen-bond acceptors (Lipinski definition) is 2. The first-order valence-electron chi connectivity index (χ1n) is 5.99. The summed E-state index contributed by atoms with van der Waals surface area (Å²) in [6.45, 7) is 7.68. The Labute approximate surface area is 99.7 Å². The van der Waals surface area contributed by atoms with Crippen molar-refractivity contribution in [3.8, 4) is 0 Å². The molecule has 1 aromatic carbocycles. The van der Waals surface area contributed by atoms with Gasteiger partial charge in [0.05, 0.1) is 0 Å². The Hall–Kier alpha value is -1.02. The topological polar surface area (TPSA) is 15.3 Å². The van der Waals surface area contributed by atoms with Crippen LogP contribution in [0.4, 0.5) is 5.69 Å². The molecule has 90 valence electrons. The Morgan fingerprint density at radius 2 is 2.00 bits per heavy atom. The van der Waals surface area contributed by atoms with Gasteiger partial charge in [0.1, 0.15) is 0 Å². The van der Waals surface area contributed by atoms with Crippen LogP contribution in [0.15, 0.2) is 24.3 Å². The monoisotopic (exact) mass is 220 g/mol. The SMILES string of the molecule is CNC(CN(C)c1cccc(C)c1)C(C)C. The molecule has 1 rings (SSSR count). The van der Waals surface area contributed by atoms with Gasteiger partial charge in [0.2, 0.25) is 0 Å². The summed E-state index contributed by atoms with van der Waals surface area (Å²) in [6, 6.07) is 9.18. The summed E-state index contributed by atoms with van der Waals surface area (Å²) in [7, 11) is 4.19. The molecular formula is C14H24N2. The third kappa shape index (κ3) is 3.53. The fourth-order valence-electron chi connectivity index (χ4n) is 1.90. The quantitative estimate of drug-likeness (QED) is 0.820. The Morgan fingerprint density at radius 1 is 1.31 bits per heavy atom. The molecule has 0 saturated heterocycles. The van der Waals surface area contributed by atoms with Gasteiger partial charge in [-0.25, -0.2) is 0 Å². The van der Waals surface area contributed by atoms with Crippen LogP contribution in [0.1, 0.15) is 19.4 Å². The summed E-state index contributed by atoms with van der Waals surface area (Å²) in [4.78, 5) is 2.31. The Kier molecular flexibility index (Phi) is 4.81. The van der Waals surface area contributed by atoms with E-state index in [1.807, 2.05) is 7.05 Å². The van der Waals surface area contributed by atoms with Crippen molar-refractivity contribution >= 4 is 5.69 Å². The maximum Gasteiger partial charge on any atom is 0.0366 e. The minimum Gasteiger partial charge on any atom is -0.373 e. The van der Waals surface area contributed by atoms with Gasteiger partial charge in [-0.15, -0.1) is 0 Å². The zero-order valence-corrected chi connectivity index (χ0v) is 11.1. The highest BCUT2D eigenvalue weighted by atomic mass is 15.1. The van der Waals surface area contributed by atoms with E-state index in [0.29, 0.717) is 12.0 Å². The van der Waals surface area contributed by atoms with Crippen molar-refractivity contribution in [3.05, 3.63) is 29.8 Å². The average Bonchev–Trinajstić information content (AvgIpc) is 2.25. The highest BCUT2D eigenvalue weighted by Gasteiger charge is 2.13. The van der Waals surface area contributed by atoms with Gasteiger partial charge in [-0.05, 0) is 37.6 Å². The molecule has 0 aliphatic carbocycles. The fraction of sp³-hybridized carbons (Fsp3) is 0.571. The maximum atomic E-state index is 3.38. The van der Waals surface area contributed by atoms with Gasteiger partial charge in [-0.1, -0.05) is 26.0 Å². The minimum atomic E-state index is 0.533. The predicted molar refractivity (Wildman–Crippen MR) is 72.1 cm³/mol. The molecule has 1 atom stereocenters. The highest BCUT2D eigenvalue weighted by Crippen LogP contribution is 2.15. The molecule has 0 aliphatic rings. The van der Waals surface area contributed by atoms with Crippen LogP contribution in [0.3, 0.4) is 0 Å². The van der Waals surface area contributed by atoms with Crippen LogP contribution < -0.4 is 10.2 Å². The van der Waals surface area contributed by atoms with Crippen LogP contribution in [0.5, 0.6) is 0 Å². The second kappa shape index (κ2) is 5.90. The molecule has 0 heterocycles. The van der Waals surface area contributed by atoms with Crippen LogP contribution in [-0.4, -0.2) is 26.7 Å². The molecule has 1 N–H and O–H groups in total. The van der Waals surface area contributed by atoms with Crippen molar-refractivity contribution in [1.82, 2.24) is 5.32 Å². The van der Waals surface area contributed by atoms with Gasteiger partial charge < -0.3 is 10.2 Å². The summed E-state index contributed by atoms with van der Waals surface area (Å²) < 4.78 is 0. The molecule has 0 aromatic heterocycles. The van der Waals surface area contributed by atoms with E-state index in [0.717, 1.165) is 6.54 Å². The lowest BCUT2D eigenvalue weighted by molar-refractivity contribution is 0.429. The zero-order chi connectivity index (χ0) is 12.1. The van der Waals surface area contributed by atoms with Gasteiger partial charge in [-0.2, -0.15) is 0 Å². The van der Waals surface area contributed by atoms with Crippen LogP contribution >= 0.6 is 0 Å². The van der Waals surface area contributed by atoms with E-state index in [9.17, 15) is 0 Å². The molecule has 0 fully saturated rings. The highest BCUT2D eigenvalue weighted by molar-refractivity contribution is 5.47. The van der Waals surface area contributed by atoms with Gasteiger partial charge >= 0.3 is 0 Å². The molecule has 1 unspecified atom stereocenters. The summed E-state index contributed by atoms with van der Waals surface area (Å²) in [6.07, 6.45) is 0. The number of likely N-dealkylation sites (N-methyl/N-ethyl adjacent to an activating group) is 2. The van der Waals surface area contributed by atoms with Crippen LogP contribution in [0.2, 0.25) is 0 Å². The summed E-state index contributed by atoms with van der Waals surface area (Å²) >= 11 is 0. The van der Waals surface area contributed by atoms with E-state index in [2.05, 4.69) is 62.3 Å². The molecule has 1 aromatic rings. The second-order valence-electron chi connectivity index (χ2n) is 4.86. The number of aryl methyl sites for hydroxylation is 1. The van der Waals surface area contributed by atoms with Crippen molar-refractivity contribution in [2.45, 2.75) is 26.8 Å². The zero-order valence-electron chi connectivity index (χ0n) is 11.1. The first kappa shape index (κ1) is 13.0. The van der Waals surface area contributed by atoms with E-state index < -0.39 is 0 Å². The Morgan fingerprint density at radius 3 is 2.50 bits per heavy atom. The number of hydrogen-bond donors (Lipinski definition) is 1. The number of rotatable bonds is 5. The molecule has 0 radical (unpaired) electrons. The normalized spacial score (nSPS) is 12.9. The van der Waals surface area contributed by atoms with Crippen LogP contribution in [-0.2, 0) is 0 Å². The first-order chi connectivity index (χ1) is 7.54. The van der Waals surface area contributed by atoms with E-state index in [-0.39, 0.29) is 0 Å². The lowest BCUT2D eigenvalue weighted by atomic mass is 10.0. The van der Waals surface area contributed by atoms with Crippen LogP contribution in [0, 0.1) is 12.8 Å². The second-order valence-corrected chi connectivity index (χ2v) is 4.86. The predicted octanol–water partition coefficient (Wildman–Crippen LogP) is 2.68. The third-order valence-corrected chi connectivity index (χ3v) is 3.09. The van der Waals surface area contributed by atoms with Gasteiger partial charge in [0.25, 0.3) is 0 Å². The van der Waals surface area contributed by atoms with E-state index in [1.165, 1.54) is 11.3 Å². The fourth-order valence-corrected chi connectivity index (χ4v) is 1.90. The van der Waals surface area contributed by atoms with Crippen LogP contribution in [0.25, 0.3) is 0 Å². The van der Waals surface area contributed by atoms with E-state index in [4.69, 9.17) is 0 Å². The maximum absolute atomic E-state index is 3.38. The first-order valence-corrected chi connectivity index (χ1v) is 5.99. The summed E-state index contributed by atoms with van der Waals surface area (Å²) in [5.74, 6) is 0.650. The van der Waals surface area contributed by atoms with Gasteiger partial charge in [0, 0.05) is 25.3 Å². The van der Waals surface area contributed by atoms with Gasteiger partial charge in [0.15, 0.2) is 0 Å². The largest absolute Gasteiger partial charge is 0.373 e. The average molecular weight is 220 g/mol. The minimum absolute atomic E-state index is 0.533. The molecule has 16 heavy (non-hydrogen) atoms. The molecular weight excluding hydrogens is 196 g/mol.